The Morgan fingerprint density at radius 2 is 0.638 bits per heavy atom. The van der Waals surface area contributed by atoms with Gasteiger partial charge in [0.05, 0.1) is 18.8 Å². The first-order chi connectivity index (χ1) is 34.2. The van der Waals surface area contributed by atoms with E-state index in [-0.39, 0.29) is 12.5 Å². The summed E-state index contributed by atoms with van der Waals surface area (Å²) in [5.74, 6) is -0.0768. The maximum Gasteiger partial charge on any atom is 0.220 e. The zero-order valence-corrected chi connectivity index (χ0v) is 45.0. The Hall–Kier alpha value is -3.47. The molecule has 0 heterocycles. The molecule has 0 radical (unpaired) electrons. The van der Waals surface area contributed by atoms with E-state index in [0.29, 0.717) is 6.42 Å². The number of unbranched alkanes of at least 4 members (excludes halogenated alkanes) is 24. The van der Waals surface area contributed by atoms with E-state index < -0.39 is 12.1 Å². The molecule has 0 saturated heterocycles. The van der Waals surface area contributed by atoms with Gasteiger partial charge < -0.3 is 15.5 Å². The van der Waals surface area contributed by atoms with Gasteiger partial charge in [0.1, 0.15) is 0 Å². The summed E-state index contributed by atoms with van der Waals surface area (Å²) in [6, 6.07) is -0.636. The number of carbonyl (C=O) groups excluding carboxylic acids is 1. The molecule has 0 bridgehead atoms. The van der Waals surface area contributed by atoms with Gasteiger partial charge in [0.15, 0.2) is 0 Å². The van der Waals surface area contributed by atoms with Crippen LogP contribution >= 0.6 is 0 Å². The second kappa shape index (κ2) is 58.8. The zero-order valence-electron chi connectivity index (χ0n) is 45.0. The number of aliphatic hydroxyl groups excluding tert-OH is 2. The van der Waals surface area contributed by atoms with Gasteiger partial charge in [-0.3, -0.25) is 4.79 Å². The van der Waals surface area contributed by atoms with Crippen LogP contribution in [0, 0.1) is 0 Å². The molecular weight excluding hydrogens is 843 g/mol. The Balaban J connectivity index is 3.63. The molecular formula is C65H109NO3. The number of allylic oxidation sites excluding steroid dienone is 21. The molecule has 0 saturated carbocycles. The molecule has 0 aliphatic rings. The predicted octanol–water partition coefficient (Wildman–Crippen LogP) is 19.4. The van der Waals surface area contributed by atoms with Gasteiger partial charge in [0.25, 0.3) is 0 Å². The molecule has 69 heavy (non-hydrogen) atoms. The minimum absolute atomic E-state index is 0.0768. The fourth-order valence-electron chi connectivity index (χ4n) is 8.03. The lowest BCUT2D eigenvalue weighted by molar-refractivity contribution is -0.123. The Morgan fingerprint density at radius 1 is 0.362 bits per heavy atom. The van der Waals surface area contributed by atoms with Crippen LogP contribution in [0.5, 0.6) is 0 Å². The third-order valence-electron chi connectivity index (χ3n) is 12.4. The summed E-state index contributed by atoms with van der Waals surface area (Å²) < 4.78 is 0. The lowest BCUT2D eigenvalue weighted by atomic mass is 10.0. The molecule has 0 fully saturated rings. The van der Waals surface area contributed by atoms with Crippen LogP contribution in [0.15, 0.2) is 134 Å². The van der Waals surface area contributed by atoms with Crippen molar-refractivity contribution < 1.29 is 15.0 Å². The van der Waals surface area contributed by atoms with Gasteiger partial charge in [-0.05, 0) is 96.3 Å². The highest BCUT2D eigenvalue weighted by Crippen LogP contribution is 2.15. The second-order valence-electron chi connectivity index (χ2n) is 19.0. The van der Waals surface area contributed by atoms with Gasteiger partial charge in [-0.1, -0.05) is 282 Å². The van der Waals surface area contributed by atoms with Crippen molar-refractivity contribution in [1.82, 2.24) is 5.32 Å². The smallest absolute Gasteiger partial charge is 0.220 e. The molecule has 0 aromatic rings. The second-order valence-corrected chi connectivity index (χ2v) is 19.0. The van der Waals surface area contributed by atoms with Gasteiger partial charge in [-0.15, -0.1) is 0 Å². The lowest BCUT2D eigenvalue weighted by Gasteiger charge is -2.20. The minimum atomic E-state index is -0.852. The predicted molar refractivity (Wildman–Crippen MR) is 308 cm³/mol. The van der Waals surface area contributed by atoms with E-state index in [9.17, 15) is 15.0 Å². The van der Waals surface area contributed by atoms with E-state index in [1.165, 1.54) is 128 Å². The summed E-state index contributed by atoms with van der Waals surface area (Å²) in [4.78, 5) is 12.5. The number of rotatable bonds is 51. The molecule has 1 amide bonds. The van der Waals surface area contributed by atoms with Gasteiger partial charge in [0, 0.05) is 6.42 Å². The Morgan fingerprint density at radius 3 is 0.957 bits per heavy atom. The zero-order chi connectivity index (χ0) is 49.9. The normalized spacial score (nSPS) is 13.9. The number of hydrogen-bond acceptors (Lipinski definition) is 3. The maximum absolute atomic E-state index is 12.5. The molecule has 2 unspecified atom stereocenters. The molecule has 0 spiro atoms. The molecule has 0 aliphatic carbocycles. The van der Waals surface area contributed by atoms with Crippen LogP contribution in [0.1, 0.15) is 251 Å². The molecule has 3 N–H and O–H groups in total. The van der Waals surface area contributed by atoms with Crippen molar-refractivity contribution in [2.24, 2.45) is 0 Å². The van der Waals surface area contributed by atoms with Crippen molar-refractivity contribution in [3.63, 3.8) is 0 Å². The van der Waals surface area contributed by atoms with Crippen LogP contribution in [0.3, 0.4) is 0 Å². The highest BCUT2D eigenvalue weighted by molar-refractivity contribution is 5.76. The number of amides is 1. The van der Waals surface area contributed by atoms with E-state index in [4.69, 9.17) is 0 Å². The number of carbonyl (C=O) groups is 1. The highest BCUT2D eigenvalue weighted by atomic mass is 16.3. The van der Waals surface area contributed by atoms with E-state index in [0.717, 1.165) is 103 Å². The first kappa shape index (κ1) is 65.5. The molecule has 392 valence electrons. The van der Waals surface area contributed by atoms with Gasteiger partial charge in [0.2, 0.25) is 5.91 Å². The Labute approximate surface area is 428 Å². The van der Waals surface area contributed by atoms with Gasteiger partial charge in [-0.2, -0.15) is 0 Å². The summed E-state index contributed by atoms with van der Waals surface area (Å²) in [6.07, 6.45) is 91.7. The molecule has 0 aliphatic heterocycles. The van der Waals surface area contributed by atoms with Crippen molar-refractivity contribution in [1.29, 1.82) is 0 Å². The summed E-state index contributed by atoms with van der Waals surface area (Å²) in [6.45, 7) is 4.19. The van der Waals surface area contributed by atoms with Crippen molar-refractivity contribution in [2.75, 3.05) is 6.61 Å². The third kappa shape index (κ3) is 55.3. The molecule has 0 rings (SSSR count). The lowest BCUT2D eigenvalue weighted by Crippen LogP contribution is -2.45. The largest absolute Gasteiger partial charge is 0.394 e. The number of hydrogen-bond donors (Lipinski definition) is 3. The fourth-order valence-corrected chi connectivity index (χ4v) is 8.03. The van der Waals surface area contributed by atoms with E-state index in [2.05, 4.69) is 141 Å². The average Bonchev–Trinajstić information content (AvgIpc) is 3.35. The van der Waals surface area contributed by atoms with Crippen LogP contribution in [0.2, 0.25) is 0 Å². The van der Waals surface area contributed by atoms with Crippen LogP contribution in [-0.4, -0.2) is 34.9 Å². The first-order valence-corrected chi connectivity index (χ1v) is 28.9. The molecule has 4 heteroatoms. The average molecular weight is 953 g/mol. The highest BCUT2D eigenvalue weighted by Gasteiger charge is 2.18. The van der Waals surface area contributed by atoms with Crippen molar-refractivity contribution in [2.45, 2.75) is 264 Å². The van der Waals surface area contributed by atoms with Gasteiger partial charge in [-0.25, -0.2) is 0 Å². The number of nitrogens with one attached hydrogen (secondary N) is 1. The topological polar surface area (TPSA) is 69.6 Å². The summed E-state index contributed by atoms with van der Waals surface area (Å²) >= 11 is 0. The Bertz CT molecular complexity index is 1400. The van der Waals surface area contributed by atoms with Crippen molar-refractivity contribution in [3.8, 4) is 0 Å². The number of aliphatic hydroxyl groups is 2. The van der Waals surface area contributed by atoms with Gasteiger partial charge >= 0.3 is 0 Å². The summed E-state index contributed by atoms with van der Waals surface area (Å²) in [5.41, 5.74) is 0. The molecule has 0 aromatic heterocycles. The van der Waals surface area contributed by atoms with E-state index in [1.807, 2.05) is 6.08 Å². The quantitative estimate of drug-likeness (QED) is 0.0420. The summed E-state index contributed by atoms with van der Waals surface area (Å²) in [7, 11) is 0. The van der Waals surface area contributed by atoms with Crippen LogP contribution in [0.4, 0.5) is 0 Å². The standard InChI is InChI=1S/C65H109NO3/c1-3-5-7-9-11-13-15-17-19-21-23-24-25-26-27-28-29-30-31-32-33-34-35-36-37-38-39-40-41-42-43-45-47-49-51-53-55-57-59-61-65(69)66-63(62-67)64(68)60-58-56-54-52-50-48-46-44-22-20-18-16-14-12-10-8-6-4-2/h5,7,11,13,17,19,23-24,26-27,29-30,32-33,35-36,38-39,41-42,58,60,63-64,67-68H,3-4,6,8-10,12,14-16,18,20-22,25,28,31,34,37,40,43-57,59,61-62H2,1-2H3,(H,66,69)/b7-5-,13-11-,19-17-,24-23-,27-26-,30-29-,33-32-,36-35-,39-38-,42-41-,60-58+. The van der Waals surface area contributed by atoms with E-state index in [1.54, 1.807) is 6.08 Å². The third-order valence-corrected chi connectivity index (χ3v) is 12.4. The van der Waals surface area contributed by atoms with Crippen molar-refractivity contribution in [3.05, 3.63) is 134 Å². The van der Waals surface area contributed by atoms with Crippen molar-refractivity contribution >= 4 is 5.91 Å². The van der Waals surface area contributed by atoms with Crippen LogP contribution in [0.25, 0.3) is 0 Å². The maximum atomic E-state index is 12.5. The van der Waals surface area contributed by atoms with Crippen LogP contribution < -0.4 is 5.32 Å². The van der Waals surface area contributed by atoms with E-state index >= 15 is 0 Å². The van der Waals surface area contributed by atoms with Crippen LogP contribution in [-0.2, 0) is 4.79 Å². The SMILES string of the molecule is CC/C=C\C/C=C\C/C=C\C/C=C\C/C=C\C/C=C\C/C=C\C/C=C\C/C=C\C/C=C\CCCCCCCCCCC(=O)NC(CO)C(O)/C=C/CCCCCCCCCCCCCCCCCC. The monoisotopic (exact) mass is 952 g/mol. The fraction of sp³-hybridized carbons (Fsp3) is 0.646. The molecule has 0 aromatic carbocycles. The first-order valence-electron chi connectivity index (χ1n) is 28.9. The molecule has 4 nitrogen and oxygen atoms in total. The molecule has 2 atom stereocenters. The minimum Gasteiger partial charge on any atom is -0.394 e. The summed E-state index contributed by atoms with van der Waals surface area (Å²) in [5, 5.41) is 23.1. The Kier molecular flexibility index (Phi) is 55.9.